The fraction of sp³-hybridized carbons (Fsp3) is 0.0588. The van der Waals surface area contributed by atoms with E-state index in [2.05, 4.69) is 0 Å². The van der Waals surface area contributed by atoms with Gasteiger partial charge in [-0.1, -0.05) is 36.4 Å². The number of hydrogen-bond acceptors (Lipinski definition) is 1. The Bertz CT molecular complexity index is 734. The first-order valence-corrected chi connectivity index (χ1v) is 6.10. The average molecular weight is 252 g/mol. The van der Waals surface area contributed by atoms with Gasteiger partial charge in [-0.05, 0) is 40.6 Å². The molecule has 3 aromatic carbocycles. The van der Waals surface area contributed by atoms with Crippen LogP contribution in [0.5, 0.6) is 5.75 Å². The molecule has 0 N–H and O–H groups in total. The smallest absolute Gasteiger partial charge is 0.131 e. The van der Waals surface area contributed by atoms with Crippen molar-refractivity contribution in [1.82, 2.24) is 0 Å². The van der Waals surface area contributed by atoms with Gasteiger partial charge in [-0.3, -0.25) is 0 Å². The molecule has 0 aliphatic heterocycles. The van der Waals surface area contributed by atoms with Gasteiger partial charge in [0.1, 0.15) is 11.6 Å². The minimum atomic E-state index is -0.199. The predicted molar refractivity (Wildman–Crippen MR) is 75.9 cm³/mol. The number of rotatable bonds is 2. The summed E-state index contributed by atoms with van der Waals surface area (Å²) in [5.74, 6) is 0.626. The zero-order valence-electron chi connectivity index (χ0n) is 10.6. The molecule has 1 nitrogen and oxygen atoms in total. The van der Waals surface area contributed by atoms with Crippen LogP contribution in [0.2, 0.25) is 0 Å². The van der Waals surface area contributed by atoms with Crippen LogP contribution < -0.4 is 4.74 Å². The number of halogens is 1. The van der Waals surface area contributed by atoms with Gasteiger partial charge >= 0.3 is 0 Å². The molecular formula is C17H13FO. The Morgan fingerprint density at radius 2 is 1.58 bits per heavy atom. The number of fused-ring (bicyclic) bond motifs is 1. The van der Waals surface area contributed by atoms with Crippen LogP contribution in [0, 0.1) is 5.82 Å². The fourth-order valence-corrected chi connectivity index (χ4v) is 2.21. The van der Waals surface area contributed by atoms with E-state index in [0.717, 1.165) is 22.1 Å². The minimum absolute atomic E-state index is 0.199. The Morgan fingerprint density at radius 1 is 0.842 bits per heavy atom. The molecule has 19 heavy (non-hydrogen) atoms. The van der Waals surface area contributed by atoms with Crippen LogP contribution in [0.3, 0.4) is 0 Å². The standard InChI is InChI=1S/C17H13FO/c1-19-15-9-8-12-10-14(7-6-13(12)11-15)16-4-2-3-5-17(16)18/h2-11H,1H3. The monoisotopic (exact) mass is 252 g/mol. The van der Waals surface area contributed by atoms with Crippen molar-refractivity contribution in [3.05, 3.63) is 66.5 Å². The molecular weight excluding hydrogens is 239 g/mol. The van der Waals surface area contributed by atoms with Gasteiger partial charge in [-0.25, -0.2) is 4.39 Å². The quantitative estimate of drug-likeness (QED) is 0.644. The average Bonchev–Trinajstić information content (AvgIpc) is 2.46. The molecule has 0 radical (unpaired) electrons. The molecule has 0 unspecified atom stereocenters. The highest BCUT2D eigenvalue weighted by Crippen LogP contribution is 2.28. The van der Waals surface area contributed by atoms with Crippen molar-refractivity contribution in [2.45, 2.75) is 0 Å². The predicted octanol–water partition coefficient (Wildman–Crippen LogP) is 4.65. The van der Waals surface area contributed by atoms with Gasteiger partial charge in [-0.15, -0.1) is 0 Å². The Kier molecular flexibility index (Phi) is 2.92. The number of methoxy groups -OCH3 is 1. The zero-order chi connectivity index (χ0) is 13.2. The summed E-state index contributed by atoms with van der Waals surface area (Å²) in [5.41, 5.74) is 1.51. The van der Waals surface area contributed by atoms with Crippen LogP contribution in [0.1, 0.15) is 0 Å². The SMILES string of the molecule is COc1ccc2cc(-c3ccccc3F)ccc2c1. The molecule has 3 rings (SSSR count). The minimum Gasteiger partial charge on any atom is -0.497 e. The molecule has 0 bridgehead atoms. The molecule has 0 aromatic heterocycles. The van der Waals surface area contributed by atoms with E-state index in [0.29, 0.717) is 5.56 Å². The lowest BCUT2D eigenvalue weighted by Gasteiger charge is -2.06. The first kappa shape index (κ1) is 11.7. The lowest BCUT2D eigenvalue weighted by atomic mass is 10.0. The van der Waals surface area contributed by atoms with Crippen molar-refractivity contribution >= 4 is 10.8 Å². The largest absolute Gasteiger partial charge is 0.497 e. The van der Waals surface area contributed by atoms with Crippen molar-refractivity contribution in [3.63, 3.8) is 0 Å². The second kappa shape index (κ2) is 4.73. The second-order valence-corrected chi connectivity index (χ2v) is 4.41. The maximum atomic E-state index is 13.8. The van der Waals surface area contributed by atoms with E-state index in [1.165, 1.54) is 6.07 Å². The van der Waals surface area contributed by atoms with Gasteiger partial charge in [0, 0.05) is 5.56 Å². The summed E-state index contributed by atoms with van der Waals surface area (Å²) in [6, 6.07) is 18.6. The Balaban J connectivity index is 2.15. The van der Waals surface area contributed by atoms with Crippen LogP contribution in [0.25, 0.3) is 21.9 Å². The highest BCUT2D eigenvalue weighted by molar-refractivity contribution is 5.88. The van der Waals surface area contributed by atoms with Crippen molar-refractivity contribution in [3.8, 4) is 16.9 Å². The van der Waals surface area contributed by atoms with Crippen LogP contribution >= 0.6 is 0 Å². The molecule has 0 aliphatic carbocycles. The molecule has 94 valence electrons. The lowest BCUT2D eigenvalue weighted by molar-refractivity contribution is 0.415. The highest BCUT2D eigenvalue weighted by Gasteiger charge is 2.05. The van der Waals surface area contributed by atoms with Crippen molar-refractivity contribution in [2.75, 3.05) is 7.11 Å². The number of hydrogen-bond donors (Lipinski definition) is 0. The normalized spacial score (nSPS) is 10.6. The van der Waals surface area contributed by atoms with Crippen molar-refractivity contribution in [1.29, 1.82) is 0 Å². The summed E-state index contributed by atoms with van der Waals surface area (Å²) >= 11 is 0. The maximum Gasteiger partial charge on any atom is 0.131 e. The Morgan fingerprint density at radius 3 is 2.37 bits per heavy atom. The third-order valence-electron chi connectivity index (χ3n) is 3.23. The van der Waals surface area contributed by atoms with Gasteiger partial charge in [-0.2, -0.15) is 0 Å². The maximum absolute atomic E-state index is 13.8. The number of ether oxygens (including phenoxy) is 1. The topological polar surface area (TPSA) is 9.23 Å². The molecule has 0 amide bonds. The third-order valence-corrected chi connectivity index (χ3v) is 3.23. The zero-order valence-corrected chi connectivity index (χ0v) is 10.6. The van der Waals surface area contributed by atoms with E-state index >= 15 is 0 Å². The fourth-order valence-electron chi connectivity index (χ4n) is 2.21. The van der Waals surface area contributed by atoms with Gasteiger partial charge < -0.3 is 4.74 Å². The van der Waals surface area contributed by atoms with Gasteiger partial charge in [0.15, 0.2) is 0 Å². The summed E-state index contributed by atoms with van der Waals surface area (Å²) in [6.45, 7) is 0. The van der Waals surface area contributed by atoms with E-state index < -0.39 is 0 Å². The molecule has 0 saturated carbocycles. The van der Waals surface area contributed by atoms with Gasteiger partial charge in [0.2, 0.25) is 0 Å². The van der Waals surface area contributed by atoms with Gasteiger partial charge in [0.05, 0.1) is 7.11 Å². The van der Waals surface area contributed by atoms with Crippen molar-refractivity contribution < 1.29 is 9.13 Å². The molecule has 0 aliphatic rings. The van der Waals surface area contributed by atoms with Crippen LogP contribution in [-0.2, 0) is 0 Å². The first-order valence-electron chi connectivity index (χ1n) is 6.10. The Labute approximate surface area is 111 Å². The molecule has 3 aromatic rings. The molecule has 2 heteroatoms. The first-order chi connectivity index (χ1) is 9.28. The van der Waals surface area contributed by atoms with E-state index in [4.69, 9.17) is 4.74 Å². The summed E-state index contributed by atoms with van der Waals surface area (Å²) in [6.07, 6.45) is 0. The lowest BCUT2D eigenvalue weighted by Crippen LogP contribution is -1.85. The summed E-state index contributed by atoms with van der Waals surface area (Å²) in [5, 5.41) is 2.15. The summed E-state index contributed by atoms with van der Waals surface area (Å²) < 4.78 is 19.0. The molecule has 0 heterocycles. The molecule has 0 fully saturated rings. The van der Waals surface area contributed by atoms with E-state index in [1.807, 2.05) is 42.5 Å². The third kappa shape index (κ3) is 2.17. The van der Waals surface area contributed by atoms with Crippen LogP contribution in [-0.4, -0.2) is 7.11 Å². The Hall–Kier alpha value is -2.35. The van der Waals surface area contributed by atoms with E-state index in [1.54, 1.807) is 19.2 Å². The van der Waals surface area contributed by atoms with Crippen LogP contribution in [0.15, 0.2) is 60.7 Å². The molecule has 0 spiro atoms. The second-order valence-electron chi connectivity index (χ2n) is 4.41. The van der Waals surface area contributed by atoms with E-state index in [-0.39, 0.29) is 5.82 Å². The van der Waals surface area contributed by atoms with Crippen molar-refractivity contribution in [2.24, 2.45) is 0 Å². The summed E-state index contributed by atoms with van der Waals surface area (Å²) in [7, 11) is 1.65. The van der Waals surface area contributed by atoms with E-state index in [9.17, 15) is 4.39 Å². The van der Waals surface area contributed by atoms with Gasteiger partial charge in [0.25, 0.3) is 0 Å². The molecule has 0 atom stereocenters. The highest BCUT2D eigenvalue weighted by atomic mass is 19.1. The molecule has 0 saturated heterocycles. The van der Waals surface area contributed by atoms with Crippen LogP contribution in [0.4, 0.5) is 4.39 Å². The summed E-state index contributed by atoms with van der Waals surface area (Å²) in [4.78, 5) is 0. The number of benzene rings is 3.